The smallest absolute Gasteiger partial charge is 0.0602 e. The molecule has 1 saturated heterocycles. The van der Waals surface area contributed by atoms with Gasteiger partial charge in [-0.3, -0.25) is 0 Å². The summed E-state index contributed by atoms with van der Waals surface area (Å²) in [5.41, 5.74) is 0. The molecule has 0 spiro atoms. The number of likely N-dealkylation sites (N-methyl/N-ethyl adjacent to an activating group) is 1. The zero-order valence-corrected chi connectivity index (χ0v) is 10.3. The summed E-state index contributed by atoms with van der Waals surface area (Å²) in [5, 5.41) is 0. The second-order valence-electron chi connectivity index (χ2n) is 4.15. The lowest BCUT2D eigenvalue weighted by Gasteiger charge is -2.26. The minimum atomic E-state index is 0.584. The number of halogens is 1. The largest absolute Gasteiger partial charge is 0.381 e. The zero-order chi connectivity index (χ0) is 10.9. The predicted octanol–water partition coefficient (Wildman–Crippen LogP) is 1.60. The Labute approximate surface area is 97.7 Å². The fourth-order valence-corrected chi connectivity index (χ4v) is 1.97. The highest BCUT2D eigenvalue weighted by atomic mass is 35.5. The van der Waals surface area contributed by atoms with Crippen molar-refractivity contribution in [3.63, 3.8) is 0 Å². The quantitative estimate of drug-likeness (QED) is 0.494. The molecule has 0 N–H and O–H groups in total. The summed E-state index contributed by atoms with van der Waals surface area (Å²) in [4.78, 5) is 2.31. The lowest BCUT2D eigenvalue weighted by molar-refractivity contribution is 0.0371. The molecule has 1 unspecified atom stereocenters. The van der Waals surface area contributed by atoms with Crippen LogP contribution in [0.3, 0.4) is 0 Å². The van der Waals surface area contributed by atoms with Gasteiger partial charge in [0.05, 0.1) is 19.8 Å². The van der Waals surface area contributed by atoms with E-state index >= 15 is 0 Å². The maximum absolute atomic E-state index is 5.52. The van der Waals surface area contributed by atoms with Gasteiger partial charge in [-0.1, -0.05) is 0 Å². The first-order valence-corrected chi connectivity index (χ1v) is 6.26. The monoisotopic (exact) mass is 235 g/mol. The number of hydrogen-bond acceptors (Lipinski definition) is 3. The van der Waals surface area contributed by atoms with Crippen molar-refractivity contribution >= 4 is 11.6 Å². The molecule has 0 saturated carbocycles. The van der Waals surface area contributed by atoms with Gasteiger partial charge in [0.25, 0.3) is 0 Å². The zero-order valence-electron chi connectivity index (χ0n) is 9.58. The van der Waals surface area contributed by atoms with E-state index in [-0.39, 0.29) is 0 Å². The molecular formula is C11H22ClNO2. The fourth-order valence-electron chi connectivity index (χ4n) is 1.86. The van der Waals surface area contributed by atoms with Crippen molar-refractivity contribution in [2.24, 2.45) is 5.92 Å². The van der Waals surface area contributed by atoms with Crippen LogP contribution >= 0.6 is 11.6 Å². The van der Waals surface area contributed by atoms with Gasteiger partial charge in [-0.2, -0.15) is 0 Å². The molecular weight excluding hydrogens is 214 g/mol. The molecule has 1 aliphatic rings. The van der Waals surface area contributed by atoms with E-state index in [1.54, 1.807) is 0 Å². The van der Waals surface area contributed by atoms with Crippen molar-refractivity contribution in [1.29, 1.82) is 0 Å². The molecule has 0 amide bonds. The first-order valence-electron chi connectivity index (χ1n) is 5.73. The van der Waals surface area contributed by atoms with Gasteiger partial charge >= 0.3 is 0 Å². The average molecular weight is 236 g/mol. The van der Waals surface area contributed by atoms with Gasteiger partial charge < -0.3 is 14.4 Å². The summed E-state index contributed by atoms with van der Waals surface area (Å²) < 4.78 is 10.8. The molecule has 1 aliphatic heterocycles. The van der Waals surface area contributed by atoms with Crippen LogP contribution < -0.4 is 0 Å². The first-order chi connectivity index (χ1) is 7.33. The lowest BCUT2D eigenvalue weighted by Crippen LogP contribution is -2.33. The third kappa shape index (κ3) is 6.36. The molecule has 1 fully saturated rings. The van der Waals surface area contributed by atoms with Crippen molar-refractivity contribution in [2.75, 3.05) is 52.4 Å². The van der Waals surface area contributed by atoms with E-state index in [0.29, 0.717) is 18.4 Å². The number of rotatable bonds is 7. The Kier molecular flexibility index (Phi) is 7.36. The maximum atomic E-state index is 5.52. The van der Waals surface area contributed by atoms with Crippen LogP contribution in [0.1, 0.15) is 12.8 Å². The van der Waals surface area contributed by atoms with Crippen molar-refractivity contribution < 1.29 is 9.47 Å². The number of ether oxygens (including phenoxy) is 2. The van der Waals surface area contributed by atoms with E-state index < -0.39 is 0 Å². The molecule has 1 atom stereocenters. The summed E-state index contributed by atoms with van der Waals surface area (Å²) in [6.45, 7) is 5.39. The predicted molar refractivity (Wildman–Crippen MR) is 62.6 cm³/mol. The van der Waals surface area contributed by atoms with Gasteiger partial charge in [0.15, 0.2) is 0 Å². The van der Waals surface area contributed by atoms with Crippen molar-refractivity contribution in [1.82, 2.24) is 4.90 Å². The second kappa shape index (κ2) is 8.34. The second-order valence-corrected chi connectivity index (χ2v) is 4.52. The molecule has 0 aromatic rings. The molecule has 0 radical (unpaired) electrons. The number of nitrogens with zero attached hydrogens (tertiary/aromatic N) is 1. The Morgan fingerprint density at radius 2 is 2.33 bits per heavy atom. The number of alkyl halides is 1. The van der Waals surface area contributed by atoms with Crippen LogP contribution in [0.2, 0.25) is 0 Å². The van der Waals surface area contributed by atoms with Crippen LogP contribution in [-0.2, 0) is 9.47 Å². The van der Waals surface area contributed by atoms with Crippen LogP contribution in [0.5, 0.6) is 0 Å². The molecule has 0 aliphatic carbocycles. The van der Waals surface area contributed by atoms with E-state index in [2.05, 4.69) is 11.9 Å². The molecule has 15 heavy (non-hydrogen) atoms. The van der Waals surface area contributed by atoms with Gasteiger partial charge in [0.2, 0.25) is 0 Å². The Hall–Kier alpha value is 0.170. The van der Waals surface area contributed by atoms with E-state index in [4.69, 9.17) is 21.1 Å². The highest BCUT2D eigenvalue weighted by Crippen LogP contribution is 2.14. The van der Waals surface area contributed by atoms with Crippen LogP contribution in [0, 0.1) is 5.92 Å². The average Bonchev–Trinajstić information content (AvgIpc) is 2.26. The molecule has 1 heterocycles. The molecule has 0 aromatic heterocycles. The van der Waals surface area contributed by atoms with Gasteiger partial charge in [-0.15, -0.1) is 11.6 Å². The molecule has 0 bridgehead atoms. The minimum Gasteiger partial charge on any atom is -0.381 e. The van der Waals surface area contributed by atoms with Crippen LogP contribution in [-0.4, -0.2) is 57.3 Å². The third-order valence-electron chi connectivity index (χ3n) is 2.66. The fraction of sp³-hybridized carbons (Fsp3) is 1.00. The summed E-state index contributed by atoms with van der Waals surface area (Å²) in [6, 6.07) is 0. The van der Waals surface area contributed by atoms with Crippen LogP contribution in [0.4, 0.5) is 0 Å². The van der Waals surface area contributed by atoms with Crippen molar-refractivity contribution in [3.05, 3.63) is 0 Å². The van der Waals surface area contributed by atoms with Gasteiger partial charge in [-0.05, 0) is 25.8 Å². The molecule has 3 nitrogen and oxygen atoms in total. The van der Waals surface area contributed by atoms with Gasteiger partial charge in [0, 0.05) is 25.6 Å². The van der Waals surface area contributed by atoms with E-state index in [1.807, 2.05) is 0 Å². The highest BCUT2D eigenvalue weighted by molar-refractivity contribution is 6.17. The summed E-state index contributed by atoms with van der Waals surface area (Å²) in [5.74, 6) is 1.29. The summed E-state index contributed by atoms with van der Waals surface area (Å²) in [6.07, 6.45) is 2.51. The number of hydrogen-bond donors (Lipinski definition) is 0. The standard InChI is InChI=1S/C11H22ClNO2/c1-13(5-8-14-7-4-12)9-11-3-2-6-15-10-11/h11H,2-10H2,1H3. The Bertz CT molecular complexity index is 152. The summed E-state index contributed by atoms with van der Waals surface area (Å²) >= 11 is 5.52. The minimum absolute atomic E-state index is 0.584. The van der Waals surface area contributed by atoms with Crippen LogP contribution in [0.15, 0.2) is 0 Å². The van der Waals surface area contributed by atoms with Gasteiger partial charge in [-0.25, -0.2) is 0 Å². The lowest BCUT2D eigenvalue weighted by atomic mass is 10.0. The first kappa shape index (κ1) is 13.2. The summed E-state index contributed by atoms with van der Waals surface area (Å²) in [7, 11) is 2.14. The molecule has 4 heteroatoms. The Balaban J connectivity index is 1.98. The third-order valence-corrected chi connectivity index (χ3v) is 2.82. The van der Waals surface area contributed by atoms with Crippen molar-refractivity contribution in [2.45, 2.75) is 12.8 Å². The van der Waals surface area contributed by atoms with Crippen LogP contribution in [0.25, 0.3) is 0 Å². The molecule has 0 aromatic carbocycles. The maximum Gasteiger partial charge on any atom is 0.0602 e. The van der Waals surface area contributed by atoms with E-state index in [1.165, 1.54) is 12.8 Å². The van der Waals surface area contributed by atoms with E-state index in [0.717, 1.165) is 32.9 Å². The Morgan fingerprint density at radius 1 is 1.47 bits per heavy atom. The topological polar surface area (TPSA) is 21.7 Å². The van der Waals surface area contributed by atoms with Crippen molar-refractivity contribution in [3.8, 4) is 0 Å². The molecule has 90 valence electrons. The molecule has 1 rings (SSSR count). The van der Waals surface area contributed by atoms with E-state index in [9.17, 15) is 0 Å². The highest BCUT2D eigenvalue weighted by Gasteiger charge is 2.15. The van der Waals surface area contributed by atoms with Gasteiger partial charge in [0.1, 0.15) is 0 Å². The Morgan fingerprint density at radius 3 is 3.00 bits per heavy atom. The SMILES string of the molecule is CN(CCOCCCl)CC1CCCOC1. The normalized spacial score (nSPS) is 22.2.